The van der Waals surface area contributed by atoms with E-state index >= 15 is 0 Å². The molecule has 0 radical (unpaired) electrons. The minimum Gasteiger partial charge on any atom is -0.492 e. The number of aliphatic hydroxyl groups excluding tert-OH is 1. The van der Waals surface area contributed by atoms with Gasteiger partial charge in [-0.15, -0.1) is 0 Å². The molecule has 0 aliphatic carbocycles. The maximum Gasteiger partial charge on any atom is 0.411 e. The molecule has 118 valence electrons. The Kier molecular flexibility index (Phi) is 4.49. The summed E-state index contributed by atoms with van der Waals surface area (Å²) in [5, 5.41) is 10.0. The molecule has 1 unspecified atom stereocenters. The summed E-state index contributed by atoms with van der Waals surface area (Å²) in [5.41, 5.74) is 1.55. The third kappa shape index (κ3) is 4.11. The predicted molar refractivity (Wildman–Crippen MR) is 71.4 cm³/mol. The average molecular weight is 304 g/mol. The summed E-state index contributed by atoms with van der Waals surface area (Å²) in [7, 11) is 0. The Hall–Kier alpha value is -1.27. The third-order valence-corrected chi connectivity index (χ3v) is 3.51. The maximum absolute atomic E-state index is 11.9. The fraction of sp³-hybridized carbons (Fsp3) is 0.600. The molecule has 1 aliphatic rings. The number of hydrogen-bond donors (Lipinski definition) is 1. The van der Waals surface area contributed by atoms with Gasteiger partial charge >= 0.3 is 6.18 Å². The first-order valence-electron chi connectivity index (χ1n) is 6.79. The van der Waals surface area contributed by atoms with E-state index in [1.807, 2.05) is 19.9 Å². The quantitative estimate of drug-likeness (QED) is 0.848. The van der Waals surface area contributed by atoms with Crippen LogP contribution >= 0.6 is 0 Å². The van der Waals surface area contributed by atoms with Crippen LogP contribution in [-0.2, 0) is 10.2 Å². The van der Waals surface area contributed by atoms with Crippen LogP contribution in [0.1, 0.15) is 37.5 Å². The van der Waals surface area contributed by atoms with Crippen LogP contribution in [0.25, 0.3) is 0 Å². The van der Waals surface area contributed by atoms with Crippen molar-refractivity contribution >= 4 is 0 Å². The molecule has 0 saturated carbocycles. The number of hydrogen-bond acceptors (Lipinski definition) is 3. The normalized spacial score (nSPS) is 18.2. The van der Waals surface area contributed by atoms with Crippen molar-refractivity contribution < 1.29 is 27.8 Å². The van der Waals surface area contributed by atoms with Crippen molar-refractivity contribution in [1.82, 2.24) is 0 Å². The van der Waals surface area contributed by atoms with Crippen molar-refractivity contribution in [2.24, 2.45) is 0 Å². The number of rotatable bonds is 5. The molecule has 1 aliphatic heterocycles. The second kappa shape index (κ2) is 5.85. The minimum atomic E-state index is -4.33. The van der Waals surface area contributed by atoms with E-state index in [1.54, 1.807) is 12.1 Å². The van der Waals surface area contributed by atoms with Crippen molar-refractivity contribution in [3.05, 3.63) is 29.3 Å². The molecule has 0 saturated heterocycles. The number of halogens is 3. The summed E-state index contributed by atoms with van der Waals surface area (Å²) >= 11 is 0. The van der Waals surface area contributed by atoms with Gasteiger partial charge in [0.05, 0.1) is 12.7 Å². The smallest absolute Gasteiger partial charge is 0.411 e. The molecule has 0 fully saturated rings. The van der Waals surface area contributed by atoms with Gasteiger partial charge in [0.25, 0.3) is 0 Å². The predicted octanol–water partition coefficient (Wildman–Crippen LogP) is 3.36. The van der Waals surface area contributed by atoms with Crippen LogP contribution in [-0.4, -0.2) is 31.1 Å². The van der Waals surface area contributed by atoms with Crippen LogP contribution < -0.4 is 4.74 Å². The van der Waals surface area contributed by atoms with Gasteiger partial charge in [-0.3, -0.25) is 0 Å². The van der Waals surface area contributed by atoms with Crippen LogP contribution in [0.2, 0.25) is 0 Å². The van der Waals surface area contributed by atoms with Crippen LogP contribution in [0.4, 0.5) is 13.2 Å². The zero-order chi connectivity index (χ0) is 15.7. The molecule has 1 heterocycles. The van der Waals surface area contributed by atoms with Gasteiger partial charge in [-0.25, -0.2) is 0 Å². The standard InChI is InChI=1S/C15H19F3O3/c1-14(2)8-21-13-4-3-10(7-11(13)14)12(19)5-6-20-9-15(16,17)18/h3-4,7,12,19H,5-6,8-9H2,1-2H3. The first-order chi connectivity index (χ1) is 9.69. The first kappa shape index (κ1) is 16.1. The van der Waals surface area contributed by atoms with Gasteiger partial charge in [-0.1, -0.05) is 19.9 Å². The van der Waals surface area contributed by atoms with E-state index in [0.29, 0.717) is 12.2 Å². The summed E-state index contributed by atoms with van der Waals surface area (Å²) in [5.74, 6) is 0.796. The highest BCUT2D eigenvalue weighted by atomic mass is 19.4. The molecule has 6 heteroatoms. The zero-order valence-corrected chi connectivity index (χ0v) is 12.0. The maximum atomic E-state index is 11.9. The lowest BCUT2D eigenvalue weighted by Crippen LogP contribution is -2.19. The Balaban J connectivity index is 1.93. The minimum absolute atomic E-state index is 0.121. The molecule has 0 aromatic heterocycles. The number of fused-ring (bicyclic) bond motifs is 1. The van der Waals surface area contributed by atoms with Crippen LogP contribution in [0.5, 0.6) is 5.75 Å². The lowest BCUT2D eigenvalue weighted by molar-refractivity contribution is -0.175. The Bertz CT molecular complexity index is 497. The first-order valence-corrected chi connectivity index (χ1v) is 6.79. The summed E-state index contributed by atoms with van der Waals surface area (Å²) in [6.07, 6.45) is -5.06. The van der Waals surface area contributed by atoms with E-state index in [4.69, 9.17) is 4.74 Å². The average Bonchev–Trinajstić information content (AvgIpc) is 2.69. The van der Waals surface area contributed by atoms with E-state index in [9.17, 15) is 18.3 Å². The van der Waals surface area contributed by atoms with Gasteiger partial charge in [0.15, 0.2) is 0 Å². The van der Waals surface area contributed by atoms with E-state index in [0.717, 1.165) is 11.3 Å². The van der Waals surface area contributed by atoms with E-state index in [2.05, 4.69) is 4.74 Å². The summed E-state index contributed by atoms with van der Waals surface area (Å²) < 4.78 is 45.9. The number of alkyl halides is 3. The fourth-order valence-electron chi connectivity index (χ4n) is 2.30. The van der Waals surface area contributed by atoms with Crippen molar-refractivity contribution in [1.29, 1.82) is 0 Å². The molecule has 21 heavy (non-hydrogen) atoms. The van der Waals surface area contributed by atoms with Gasteiger partial charge in [0, 0.05) is 24.0 Å². The molecule has 1 N–H and O–H groups in total. The highest BCUT2D eigenvalue weighted by molar-refractivity contribution is 5.45. The molecule has 1 aromatic carbocycles. The Morgan fingerprint density at radius 3 is 2.76 bits per heavy atom. The fourth-order valence-corrected chi connectivity index (χ4v) is 2.30. The van der Waals surface area contributed by atoms with Crippen LogP contribution in [0.15, 0.2) is 18.2 Å². The van der Waals surface area contributed by atoms with Gasteiger partial charge in [0.2, 0.25) is 0 Å². The zero-order valence-electron chi connectivity index (χ0n) is 12.0. The Morgan fingerprint density at radius 2 is 2.10 bits per heavy atom. The topological polar surface area (TPSA) is 38.7 Å². The second-order valence-corrected chi connectivity index (χ2v) is 5.90. The molecular formula is C15H19F3O3. The molecule has 1 atom stereocenters. The largest absolute Gasteiger partial charge is 0.492 e. The third-order valence-electron chi connectivity index (χ3n) is 3.51. The molecule has 0 amide bonds. The van der Waals surface area contributed by atoms with Crippen molar-refractivity contribution in [2.75, 3.05) is 19.8 Å². The highest BCUT2D eigenvalue weighted by Crippen LogP contribution is 2.39. The van der Waals surface area contributed by atoms with Gasteiger partial charge in [-0.05, 0) is 17.7 Å². The number of ether oxygens (including phenoxy) is 2. The van der Waals surface area contributed by atoms with Crippen molar-refractivity contribution in [3.63, 3.8) is 0 Å². The van der Waals surface area contributed by atoms with Crippen molar-refractivity contribution in [3.8, 4) is 5.75 Å². The molecule has 1 aromatic rings. The lowest BCUT2D eigenvalue weighted by Gasteiger charge is -2.18. The molecular weight excluding hydrogens is 285 g/mol. The SMILES string of the molecule is CC1(C)COc2ccc(C(O)CCOCC(F)(F)F)cc21. The van der Waals surface area contributed by atoms with Crippen LogP contribution in [0.3, 0.4) is 0 Å². The van der Waals surface area contributed by atoms with Gasteiger partial charge in [-0.2, -0.15) is 13.2 Å². The lowest BCUT2D eigenvalue weighted by atomic mass is 9.85. The summed E-state index contributed by atoms with van der Waals surface area (Å²) in [6.45, 7) is 3.24. The monoisotopic (exact) mass is 304 g/mol. The van der Waals surface area contributed by atoms with E-state index < -0.39 is 18.9 Å². The highest BCUT2D eigenvalue weighted by Gasteiger charge is 2.32. The summed E-state index contributed by atoms with van der Waals surface area (Å²) in [4.78, 5) is 0. The van der Waals surface area contributed by atoms with Crippen LogP contribution in [0, 0.1) is 0 Å². The molecule has 2 rings (SSSR count). The summed E-state index contributed by atoms with van der Waals surface area (Å²) in [6, 6.07) is 5.38. The van der Waals surface area contributed by atoms with E-state index in [1.165, 1.54) is 0 Å². The number of benzene rings is 1. The van der Waals surface area contributed by atoms with Gasteiger partial charge in [0.1, 0.15) is 12.4 Å². The van der Waals surface area contributed by atoms with E-state index in [-0.39, 0.29) is 18.4 Å². The van der Waals surface area contributed by atoms with Crippen molar-refractivity contribution in [2.45, 2.75) is 38.0 Å². The Morgan fingerprint density at radius 1 is 1.38 bits per heavy atom. The van der Waals surface area contributed by atoms with Gasteiger partial charge < -0.3 is 14.6 Å². The Labute approximate surface area is 121 Å². The second-order valence-electron chi connectivity index (χ2n) is 5.90. The molecule has 0 spiro atoms. The number of aliphatic hydroxyl groups is 1. The molecule has 0 bridgehead atoms. The molecule has 3 nitrogen and oxygen atoms in total.